The van der Waals surface area contributed by atoms with Crippen LogP contribution in [0, 0.1) is 6.92 Å². The first-order chi connectivity index (χ1) is 16.0. The minimum absolute atomic E-state index is 0.0470. The molecule has 4 aromatic rings. The highest BCUT2D eigenvalue weighted by Crippen LogP contribution is 2.30. The molecule has 170 valence electrons. The average Bonchev–Trinajstić information content (AvgIpc) is 3.34. The van der Waals surface area contributed by atoms with E-state index < -0.39 is 0 Å². The number of nitrogens with zero attached hydrogens (tertiary/aromatic N) is 5. The zero-order valence-electron chi connectivity index (χ0n) is 18.7. The van der Waals surface area contributed by atoms with Crippen molar-refractivity contribution in [1.82, 2.24) is 24.3 Å². The fourth-order valence-electron chi connectivity index (χ4n) is 4.19. The Bertz CT molecular complexity index is 1340. The predicted octanol–water partition coefficient (Wildman–Crippen LogP) is 3.45. The number of aliphatic hydroxyl groups excluding tert-OH is 1. The zero-order valence-corrected chi connectivity index (χ0v) is 18.7. The lowest BCUT2D eigenvalue weighted by Gasteiger charge is -2.11. The Kier molecular flexibility index (Phi) is 5.55. The van der Waals surface area contributed by atoms with Crippen molar-refractivity contribution in [3.05, 3.63) is 53.3 Å². The van der Waals surface area contributed by atoms with Crippen LogP contribution < -0.4 is 10.1 Å². The number of benzene rings is 1. The van der Waals surface area contributed by atoms with Crippen LogP contribution in [0.1, 0.15) is 40.9 Å². The Morgan fingerprint density at radius 2 is 2.03 bits per heavy atom. The number of fused-ring (bicyclic) bond motifs is 7. The smallest absolute Gasteiger partial charge is 0.258 e. The Labute approximate surface area is 191 Å². The molecule has 1 amide bonds. The molecule has 4 heterocycles. The topological polar surface area (TPSA) is 107 Å². The van der Waals surface area contributed by atoms with Gasteiger partial charge in [-0.05, 0) is 56.0 Å². The van der Waals surface area contributed by atoms with Crippen molar-refractivity contribution in [3.63, 3.8) is 0 Å². The lowest BCUT2D eigenvalue weighted by atomic mass is 10.1. The van der Waals surface area contributed by atoms with Crippen molar-refractivity contribution in [3.8, 4) is 17.1 Å². The third kappa shape index (κ3) is 4.07. The number of hydrogen-bond acceptors (Lipinski definition) is 6. The number of carbonyl (C=O) groups is 1. The molecule has 0 spiro atoms. The number of amides is 1. The van der Waals surface area contributed by atoms with Gasteiger partial charge in [0.2, 0.25) is 11.8 Å². The largest absolute Gasteiger partial charge is 0.477 e. The van der Waals surface area contributed by atoms with Gasteiger partial charge in [-0.2, -0.15) is 5.10 Å². The highest BCUT2D eigenvalue weighted by molar-refractivity contribution is 6.04. The number of aromatic nitrogens is 5. The van der Waals surface area contributed by atoms with Crippen LogP contribution in [-0.4, -0.2) is 41.9 Å². The summed E-state index contributed by atoms with van der Waals surface area (Å²) in [4.78, 5) is 22.5. The molecule has 3 aromatic heterocycles. The van der Waals surface area contributed by atoms with Gasteiger partial charge in [-0.25, -0.2) is 9.67 Å². The normalized spacial score (nSPS) is 14.6. The van der Waals surface area contributed by atoms with E-state index in [4.69, 9.17) is 4.74 Å². The second-order valence-corrected chi connectivity index (χ2v) is 8.30. The quantitative estimate of drug-likeness (QED) is 0.464. The summed E-state index contributed by atoms with van der Waals surface area (Å²) in [5, 5.41) is 16.9. The van der Waals surface area contributed by atoms with Crippen LogP contribution in [0.5, 0.6) is 5.88 Å². The van der Waals surface area contributed by atoms with E-state index in [9.17, 15) is 9.90 Å². The van der Waals surface area contributed by atoms with Gasteiger partial charge in [-0.1, -0.05) is 6.07 Å². The Morgan fingerprint density at radius 3 is 2.88 bits per heavy atom. The first kappa shape index (κ1) is 21.1. The van der Waals surface area contributed by atoms with Crippen molar-refractivity contribution < 1.29 is 14.6 Å². The number of anilines is 1. The summed E-state index contributed by atoms with van der Waals surface area (Å²) in [6.45, 7) is 3.07. The molecule has 9 heteroatoms. The second kappa shape index (κ2) is 8.67. The lowest BCUT2D eigenvalue weighted by molar-refractivity contribution is 0.102. The third-order valence-corrected chi connectivity index (χ3v) is 5.86. The SMILES string of the molecule is Cc1cc2cc(n1)-c1cnn(C)c1OCCCCCn1c(nc3ccc(CO)cc31)NC2=O. The molecule has 1 aromatic carbocycles. The minimum Gasteiger partial charge on any atom is -0.477 e. The molecule has 1 aliphatic heterocycles. The van der Waals surface area contributed by atoms with Crippen molar-refractivity contribution in [2.45, 2.75) is 39.3 Å². The molecule has 33 heavy (non-hydrogen) atoms. The number of rotatable bonds is 1. The summed E-state index contributed by atoms with van der Waals surface area (Å²) in [7, 11) is 1.83. The monoisotopic (exact) mass is 446 g/mol. The summed E-state index contributed by atoms with van der Waals surface area (Å²) in [6.07, 6.45) is 4.45. The van der Waals surface area contributed by atoms with Crippen molar-refractivity contribution in [1.29, 1.82) is 0 Å². The molecular formula is C24H26N6O3. The molecule has 1 aliphatic rings. The van der Waals surface area contributed by atoms with E-state index in [1.54, 1.807) is 23.0 Å². The van der Waals surface area contributed by atoms with Crippen molar-refractivity contribution in [2.24, 2.45) is 7.05 Å². The summed E-state index contributed by atoms with van der Waals surface area (Å²) in [5.41, 5.74) is 5.07. The number of carbonyl (C=O) groups excluding carboxylic acids is 1. The zero-order chi connectivity index (χ0) is 22.9. The predicted molar refractivity (Wildman–Crippen MR) is 124 cm³/mol. The van der Waals surface area contributed by atoms with Gasteiger partial charge in [0.15, 0.2) is 0 Å². The number of ether oxygens (including phenoxy) is 1. The third-order valence-electron chi connectivity index (χ3n) is 5.86. The lowest BCUT2D eigenvalue weighted by Crippen LogP contribution is -2.17. The fraction of sp³-hybridized carbons (Fsp3) is 0.333. The van der Waals surface area contributed by atoms with E-state index in [1.807, 2.05) is 36.7 Å². The molecule has 0 aliphatic carbocycles. The van der Waals surface area contributed by atoms with Crippen LogP contribution in [0.2, 0.25) is 0 Å². The molecule has 0 fully saturated rings. The summed E-state index contributed by atoms with van der Waals surface area (Å²) in [5.74, 6) is 0.876. The van der Waals surface area contributed by atoms with E-state index in [0.29, 0.717) is 36.2 Å². The van der Waals surface area contributed by atoms with Gasteiger partial charge < -0.3 is 14.4 Å². The van der Waals surface area contributed by atoms with Crippen LogP contribution >= 0.6 is 0 Å². The number of aliphatic hydroxyl groups is 1. The number of nitrogens with one attached hydrogen (secondary N) is 1. The van der Waals surface area contributed by atoms with E-state index in [-0.39, 0.29) is 12.5 Å². The summed E-state index contributed by atoms with van der Waals surface area (Å²) in [6, 6.07) is 9.15. The van der Waals surface area contributed by atoms with Crippen LogP contribution in [0.4, 0.5) is 5.95 Å². The fourth-order valence-corrected chi connectivity index (χ4v) is 4.19. The van der Waals surface area contributed by atoms with Crippen LogP contribution in [0.25, 0.3) is 22.3 Å². The van der Waals surface area contributed by atoms with Gasteiger partial charge in [-0.3, -0.25) is 15.1 Å². The van der Waals surface area contributed by atoms with Crippen LogP contribution in [0.3, 0.4) is 0 Å². The van der Waals surface area contributed by atoms with E-state index in [0.717, 1.165) is 47.1 Å². The first-order valence-electron chi connectivity index (χ1n) is 11.1. The molecule has 2 N–H and O–H groups in total. The maximum absolute atomic E-state index is 13.3. The van der Waals surface area contributed by atoms with Crippen LogP contribution in [0.15, 0.2) is 36.5 Å². The number of aryl methyl sites for hydroxylation is 3. The van der Waals surface area contributed by atoms with Gasteiger partial charge in [-0.15, -0.1) is 0 Å². The van der Waals surface area contributed by atoms with Gasteiger partial charge >= 0.3 is 0 Å². The van der Waals surface area contributed by atoms with E-state index in [1.165, 1.54) is 0 Å². The molecule has 5 rings (SSSR count). The number of imidazole rings is 1. The molecule has 0 radical (unpaired) electrons. The molecule has 2 bridgehead atoms. The minimum atomic E-state index is -0.262. The molecule has 0 saturated heterocycles. The Morgan fingerprint density at radius 1 is 1.15 bits per heavy atom. The highest BCUT2D eigenvalue weighted by atomic mass is 16.5. The summed E-state index contributed by atoms with van der Waals surface area (Å²) < 4.78 is 9.77. The maximum atomic E-state index is 13.3. The highest BCUT2D eigenvalue weighted by Gasteiger charge is 2.19. The van der Waals surface area contributed by atoms with Crippen molar-refractivity contribution >= 4 is 22.9 Å². The van der Waals surface area contributed by atoms with Gasteiger partial charge in [0.1, 0.15) is 0 Å². The Hall–Kier alpha value is -3.72. The maximum Gasteiger partial charge on any atom is 0.258 e. The van der Waals surface area contributed by atoms with E-state index >= 15 is 0 Å². The van der Waals surface area contributed by atoms with Gasteiger partial charge in [0.25, 0.3) is 5.91 Å². The van der Waals surface area contributed by atoms with Gasteiger partial charge in [0.05, 0.1) is 41.7 Å². The Balaban J connectivity index is 1.60. The van der Waals surface area contributed by atoms with Crippen molar-refractivity contribution in [2.75, 3.05) is 11.9 Å². The first-order valence-corrected chi connectivity index (χ1v) is 11.1. The van der Waals surface area contributed by atoms with E-state index in [2.05, 4.69) is 20.4 Å². The number of hydrogen-bond donors (Lipinski definition) is 2. The standard InChI is InChI=1S/C24H26N6O3/c1-15-10-17-12-20(26-15)18-13-25-29(2)23(18)33-9-5-3-4-8-30-21-11-16(14-31)6-7-19(21)27-24(30)28-22(17)32/h6-7,10-13,31H,3-5,8-9,14H2,1-2H3,(H,27,28,32). The average molecular weight is 447 g/mol. The molecule has 0 atom stereocenters. The molecular weight excluding hydrogens is 420 g/mol. The number of pyridine rings is 1. The molecule has 9 nitrogen and oxygen atoms in total. The van der Waals surface area contributed by atoms with Crippen LogP contribution in [-0.2, 0) is 20.2 Å². The molecule has 0 saturated carbocycles. The second-order valence-electron chi connectivity index (χ2n) is 8.30. The molecule has 0 unspecified atom stereocenters. The summed E-state index contributed by atoms with van der Waals surface area (Å²) >= 11 is 0. The van der Waals surface area contributed by atoms with Gasteiger partial charge in [0, 0.05) is 24.8 Å².